The number of benzene rings is 2. The van der Waals surface area contributed by atoms with Crippen LogP contribution in [0, 0.1) is 11.5 Å². The van der Waals surface area contributed by atoms with E-state index >= 15 is 0 Å². The van der Waals surface area contributed by atoms with Crippen LogP contribution in [0.3, 0.4) is 0 Å². The number of sulfonamides is 1. The van der Waals surface area contributed by atoms with Gasteiger partial charge in [0.25, 0.3) is 0 Å². The minimum atomic E-state index is -3.76. The molecule has 2 aromatic carbocycles. The third kappa shape index (κ3) is 6.01. The predicted molar refractivity (Wildman–Crippen MR) is 118 cm³/mol. The quantitative estimate of drug-likeness (QED) is 0.310. The van der Waals surface area contributed by atoms with Crippen LogP contribution in [0.4, 0.5) is 25.8 Å². The SMILES string of the molecule is N#CNc1ccc(S(=O)(=O)N2CCOCC2)cc1NC(=S)Nc1ccc(OC(F)F)cc1. The molecular formula is C19H19F2N5O4S2. The number of hydrogen-bond donors (Lipinski definition) is 3. The Bertz CT molecular complexity index is 1100. The van der Waals surface area contributed by atoms with E-state index in [1.807, 2.05) is 0 Å². The van der Waals surface area contributed by atoms with Crippen LogP contribution < -0.4 is 20.7 Å². The first-order valence-corrected chi connectivity index (χ1v) is 11.1. The van der Waals surface area contributed by atoms with E-state index in [1.165, 1.54) is 46.8 Å². The molecule has 0 aromatic heterocycles. The second kappa shape index (κ2) is 10.5. The van der Waals surface area contributed by atoms with E-state index in [9.17, 15) is 17.2 Å². The van der Waals surface area contributed by atoms with Gasteiger partial charge in [0.2, 0.25) is 10.0 Å². The van der Waals surface area contributed by atoms with Gasteiger partial charge in [-0.3, -0.25) is 5.32 Å². The van der Waals surface area contributed by atoms with Crippen LogP contribution in [0.25, 0.3) is 0 Å². The number of anilines is 3. The van der Waals surface area contributed by atoms with Crippen LogP contribution in [0.5, 0.6) is 5.75 Å². The molecule has 0 spiro atoms. The first-order valence-electron chi connectivity index (χ1n) is 9.29. The predicted octanol–water partition coefficient (Wildman–Crippen LogP) is 3.01. The number of nitrogens with one attached hydrogen (secondary N) is 3. The number of nitrogens with zero attached hydrogens (tertiary/aromatic N) is 2. The van der Waals surface area contributed by atoms with Gasteiger partial charge in [0.1, 0.15) is 5.75 Å². The largest absolute Gasteiger partial charge is 0.435 e. The molecule has 3 N–H and O–H groups in total. The first kappa shape index (κ1) is 23.6. The summed E-state index contributed by atoms with van der Waals surface area (Å²) in [6, 6.07) is 9.88. The van der Waals surface area contributed by atoms with Gasteiger partial charge < -0.3 is 20.1 Å². The summed E-state index contributed by atoms with van der Waals surface area (Å²) < 4.78 is 61.2. The third-order valence-electron chi connectivity index (χ3n) is 4.37. The normalized spacial score (nSPS) is 14.4. The van der Waals surface area contributed by atoms with Crippen molar-refractivity contribution in [3.05, 3.63) is 42.5 Å². The van der Waals surface area contributed by atoms with Gasteiger partial charge in [-0.25, -0.2) is 8.42 Å². The molecule has 9 nitrogen and oxygen atoms in total. The molecule has 0 bridgehead atoms. The fourth-order valence-corrected chi connectivity index (χ4v) is 4.56. The van der Waals surface area contributed by atoms with Crippen LogP contribution in [-0.2, 0) is 14.8 Å². The van der Waals surface area contributed by atoms with Crippen LogP contribution >= 0.6 is 12.2 Å². The average Bonchev–Trinajstić information content (AvgIpc) is 2.76. The molecule has 170 valence electrons. The van der Waals surface area contributed by atoms with Crippen LogP contribution in [0.2, 0.25) is 0 Å². The summed E-state index contributed by atoms with van der Waals surface area (Å²) in [4.78, 5) is 0.0293. The molecule has 32 heavy (non-hydrogen) atoms. The molecule has 0 radical (unpaired) electrons. The molecule has 1 fully saturated rings. The molecule has 0 amide bonds. The van der Waals surface area contributed by atoms with Gasteiger partial charge in [0.15, 0.2) is 11.3 Å². The fourth-order valence-electron chi connectivity index (χ4n) is 2.90. The smallest absolute Gasteiger partial charge is 0.387 e. The van der Waals surface area contributed by atoms with Gasteiger partial charge in [-0.15, -0.1) is 0 Å². The molecule has 13 heteroatoms. The van der Waals surface area contributed by atoms with Crippen LogP contribution in [0.1, 0.15) is 0 Å². The van der Waals surface area contributed by atoms with Gasteiger partial charge in [-0.1, -0.05) is 0 Å². The Labute approximate surface area is 189 Å². The summed E-state index contributed by atoms with van der Waals surface area (Å²) in [5.41, 5.74) is 1.06. The average molecular weight is 484 g/mol. The lowest BCUT2D eigenvalue weighted by Gasteiger charge is -2.26. The molecule has 0 aliphatic carbocycles. The highest BCUT2D eigenvalue weighted by atomic mass is 32.2. The zero-order valence-electron chi connectivity index (χ0n) is 16.5. The van der Waals surface area contributed by atoms with E-state index in [0.29, 0.717) is 24.6 Å². The van der Waals surface area contributed by atoms with Gasteiger partial charge in [0, 0.05) is 18.8 Å². The molecule has 3 rings (SSSR count). The summed E-state index contributed by atoms with van der Waals surface area (Å²) in [6.45, 7) is -1.81. The molecule has 1 heterocycles. The Kier molecular flexibility index (Phi) is 7.75. The van der Waals surface area contributed by atoms with Crippen molar-refractivity contribution in [1.29, 1.82) is 5.26 Å². The second-order valence-corrected chi connectivity index (χ2v) is 8.79. The molecule has 0 saturated carbocycles. The topological polar surface area (TPSA) is 116 Å². The van der Waals surface area contributed by atoms with Gasteiger partial charge >= 0.3 is 6.61 Å². The maximum absolute atomic E-state index is 12.9. The minimum Gasteiger partial charge on any atom is -0.435 e. The highest BCUT2D eigenvalue weighted by Gasteiger charge is 2.27. The molecule has 1 saturated heterocycles. The van der Waals surface area contributed by atoms with Crippen LogP contribution in [-0.4, -0.2) is 50.8 Å². The van der Waals surface area contributed by atoms with Gasteiger partial charge in [0.05, 0.1) is 29.5 Å². The third-order valence-corrected chi connectivity index (χ3v) is 6.47. The number of ether oxygens (including phenoxy) is 2. The molecule has 0 unspecified atom stereocenters. The molecule has 0 atom stereocenters. The summed E-state index contributed by atoms with van der Waals surface area (Å²) >= 11 is 5.27. The van der Waals surface area contributed by atoms with Crippen molar-refractivity contribution in [3.63, 3.8) is 0 Å². The van der Waals surface area contributed by atoms with E-state index in [4.69, 9.17) is 22.2 Å². The number of halogens is 2. The van der Waals surface area contributed by atoms with E-state index in [2.05, 4.69) is 20.7 Å². The zero-order chi connectivity index (χ0) is 23.1. The van der Waals surface area contributed by atoms with Crippen molar-refractivity contribution in [2.24, 2.45) is 0 Å². The van der Waals surface area contributed by atoms with Crippen molar-refractivity contribution < 1.29 is 26.7 Å². The summed E-state index contributed by atoms with van der Waals surface area (Å²) in [5, 5.41) is 17.3. The van der Waals surface area contributed by atoms with Gasteiger partial charge in [-0.2, -0.15) is 18.3 Å². The molecule has 1 aliphatic heterocycles. The van der Waals surface area contributed by atoms with Crippen LogP contribution in [0.15, 0.2) is 47.4 Å². The number of hydrogen-bond acceptors (Lipinski definition) is 7. The lowest BCUT2D eigenvalue weighted by atomic mass is 10.2. The maximum atomic E-state index is 12.9. The lowest BCUT2D eigenvalue weighted by Crippen LogP contribution is -2.40. The molecule has 1 aliphatic rings. The molecule has 2 aromatic rings. The Hall–Kier alpha value is -3.05. The van der Waals surface area contributed by atoms with E-state index in [0.717, 1.165) is 0 Å². The van der Waals surface area contributed by atoms with Gasteiger partial charge in [-0.05, 0) is 54.7 Å². The van der Waals surface area contributed by atoms with E-state index < -0.39 is 16.6 Å². The van der Waals surface area contributed by atoms with Crippen molar-refractivity contribution >= 4 is 44.4 Å². The number of rotatable bonds is 7. The van der Waals surface area contributed by atoms with E-state index in [-0.39, 0.29) is 34.5 Å². The number of nitriles is 1. The Balaban J connectivity index is 1.77. The van der Waals surface area contributed by atoms with Crippen molar-refractivity contribution in [2.75, 3.05) is 42.3 Å². The highest BCUT2D eigenvalue weighted by molar-refractivity contribution is 7.89. The summed E-state index contributed by atoms with van der Waals surface area (Å²) in [7, 11) is -3.76. The van der Waals surface area contributed by atoms with Crippen molar-refractivity contribution in [1.82, 2.24) is 4.31 Å². The number of thiocarbonyl (C=S) groups is 1. The highest BCUT2D eigenvalue weighted by Crippen LogP contribution is 2.28. The Morgan fingerprint density at radius 2 is 1.81 bits per heavy atom. The Morgan fingerprint density at radius 1 is 1.12 bits per heavy atom. The minimum absolute atomic E-state index is 0.00838. The standard InChI is InChI=1S/C19H19F2N5O4S2/c20-18(21)30-14-3-1-13(2-4-14)24-19(31)25-17-11-15(5-6-16(17)23-12-22)32(27,28)26-7-9-29-10-8-26/h1-6,11,18,23H,7-10H2,(H2,24,25,31). The van der Waals surface area contributed by atoms with Crippen molar-refractivity contribution in [3.8, 4) is 11.9 Å². The maximum Gasteiger partial charge on any atom is 0.387 e. The Morgan fingerprint density at radius 3 is 2.44 bits per heavy atom. The second-order valence-electron chi connectivity index (χ2n) is 6.44. The summed E-state index contributed by atoms with van der Waals surface area (Å²) in [6.07, 6.45) is 1.79. The van der Waals surface area contributed by atoms with Crippen molar-refractivity contribution in [2.45, 2.75) is 11.5 Å². The lowest BCUT2D eigenvalue weighted by molar-refractivity contribution is -0.0498. The first-order chi connectivity index (χ1) is 15.3. The monoisotopic (exact) mass is 483 g/mol. The number of morpholine rings is 1. The fraction of sp³-hybridized carbons (Fsp3) is 0.263. The zero-order valence-corrected chi connectivity index (χ0v) is 18.2. The number of alkyl halides is 2. The molecular weight excluding hydrogens is 464 g/mol. The summed E-state index contributed by atoms with van der Waals surface area (Å²) in [5.74, 6) is -0.00838. The van der Waals surface area contributed by atoms with E-state index in [1.54, 1.807) is 6.19 Å².